The van der Waals surface area contributed by atoms with E-state index in [1.165, 1.54) is 16.9 Å². The van der Waals surface area contributed by atoms with Crippen LogP contribution < -0.4 is 10.2 Å². The van der Waals surface area contributed by atoms with E-state index in [-0.39, 0.29) is 11.8 Å². The van der Waals surface area contributed by atoms with Crippen molar-refractivity contribution in [2.24, 2.45) is 5.92 Å². The SMILES string of the molecule is CC(=O)N1CCc2cc(-c3csc(NC(=O)CC(C)C)n3)ccc21. The molecule has 0 aliphatic carbocycles. The van der Waals surface area contributed by atoms with Crippen LogP contribution in [-0.2, 0) is 16.0 Å². The number of carbonyl (C=O) groups excluding carboxylic acids is 2. The minimum Gasteiger partial charge on any atom is -0.312 e. The summed E-state index contributed by atoms with van der Waals surface area (Å²) >= 11 is 1.43. The Hall–Kier alpha value is -2.21. The predicted octanol–water partition coefficient (Wildman–Crippen LogP) is 3.70. The number of amides is 2. The van der Waals surface area contributed by atoms with Gasteiger partial charge in [0.1, 0.15) is 0 Å². The molecular weight excluding hydrogens is 322 g/mol. The fourth-order valence-electron chi connectivity index (χ4n) is 2.89. The maximum Gasteiger partial charge on any atom is 0.226 e. The summed E-state index contributed by atoms with van der Waals surface area (Å²) in [7, 11) is 0. The molecule has 2 aromatic rings. The fraction of sp³-hybridized carbons (Fsp3) is 0.389. The van der Waals surface area contributed by atoms with Gasteiger partial charge in [-0.05, 0) is 30.0 Å². The lowest BCUT2D eigenvalue weighted by atomic mass is 10.1. The minimum absolute atomic E-state index is 0.00282. The summed E-state index contributed by atoms with van der Waals surface area (Å²) in [6, 6.07) is 6.05. The number of carbonyl (C=O) groups is 2. The Bertz CT molecular complexity index is 782. The molecule has 1 aliphatic rings. The highest BCUT2D eigenvalue weighted by Gasteiger charge is 2.22. The van der Waals surface area contributed by atoms with Gasteiger partial charge in [0.05, 0.1) is 5.69 Å². The number of aromatic nitrogens is 1. The Balaban J connectivity index is 1.77. The second kappa shape index (κ2) is 6.73. The van der Waals surface area contributed by atoms with Gasteiger partial charge < -0.3 is 10.2 Å². The van der Waals surface area contributed by atoms with E-state index in [4.69, 9.17) is 0 Å². The van der Waals surface area contributed by atoms with E-state index in [1.807, 2.05) is 31.4 Å². The standard InChI is InChI=1S/C18H21N3O2S/c1-11(2)8-17(23)20-18-19-15(10-24-18)13-4-5-16-14(9-13)6-7-21(16)12(3)22/h4-5,9-11H,6-8H2,1-3H3,(H,19,20,23). The van der Waals surface area contributed by atoms with Crippen molar-refractivity contribution in [3.8, 4) is 11.3 Å². The van der Waals surface area contributed by atoms with E-state index in [0.717, 1.165) is 29.9 Å². The summed E-state index contributed by atoms with van der Waals surface area (Å²) in [5.74, 6) is 0.396. The van der Waals surface area contributed by atoms with Gasteiger partial charge in [0.2, 0.25) is 11.8 Å². The van der Waals surface area contributed by atoms with Crippen LogP contribution >= 0.6 is 11.3 Å². The van der Waals surface area contributed by atoms with Crippen LogP contribution in [0, 0.1) is 5.92 Å². The second-order valence-electron chi connectivity index (χ2n) is 6.45. The molecule has 126 valence electrons. The number of benzene rings is 1. The Kier molecular flexibility index (Phi) is 4.66. The molecular formula is C18H21N3O2S. The average molecular weight is 343 g/mol. The monoisotopic (exact) mass is 343 g/mol. The smallest absolute Gasteiger partial charge is 0.226 e. The van der Waals surface area contributed by atoms with Gasteiger partial charge in [-0.1, -0.05) is 19.9 Å². The van der Waals surface area contributed by atoms with Crippen molar-refractivity contribution in [2.45, 2.75) is 33.6 Å². The van der Waals surface area contributed by atoms with Gasteiger partial charge in [-0.15, -0.1) is 11.3 Å². The van der Waals surface area contributed by atoms with Crippen LogP contribution in [0.15, 0.2) is 23.6 Å². The zero-order valence-corrected chi connectivity index (χ0v) is 14.9. The molecule has 0 bridgehead atoms. The number of nitrogens with zero attached hydrogens (tertiary/aromatic N) is 2. The van der Waals surface area contributed by atoms with Gasteiger partial charge in [-0.2, -0.15) is 0 Å². The molecule has 0 unspecified atom stereocenters. The van der Waals surface area contributed by atoms with Crippen molar-refractivity contribution in [1.82, 2.24) is 4.98 Å². The molecule has 24 heavy (non-hydrogen) atoms. The first-order valence-electron chi connectivity index (χ1n) is 8.11. The number of hydrogen-bond donors (Lipinski definition) is 1. The molecule has 2 heterocycles. The number of anilines is 2. The first kappa shape index (κ1) is 16.6. The maximum absolute atomic E-state index is 11.8. The van der Waals surface area contributed by atoms with E-state index < -0.39 is 0 Å². The Morgan fingerprint density at radius 2 is 2.17 bits per heavy atom. The normalized spacial score (nSPS) is 13.2. The summed E-state index contributed by atoms with van der Waals surface area (Å²) in [6.07, 6.45) is 1.36. The maximum atomic E-state index is 11.8. The van der Waals surface area contributed by atoms with Gasteiger partial charge in [0.25, 0.3) is 0 Å². The molecule has 0 saturated heterocycles. The van der Waals surface area contributed by atoms with Crippen LogP contribution in [0.25, 0.3) is 11.3 Å². The molecule has 1 aromatic heterocycles. The van der Waals surface area contributed by atoms with Gasteiger partial charge in [0.15, 0.2) is 5.13 Å². The minimum atomic E-state index is -0.00282. The fourth-order valence-corrected chi connectivity index (χ4v) is 3.63. The Morgan fingerprint density at radius 3 is 2.88 bits per heavy atom. The van der Waals surface area contributed by atoms with Crippen molar-refractivity contribution >= 4 is 34.0 Å². The van der Waals surface area contributed by atoms with Crippen LogP contribution in [0.1, 0.15) is 32.8 Å². The highest BCUT2D eigenvalue weighted by molar-refractivity contribution is 7.14. The molecule has 6 heteroatoms. The lowest BCUT2D eigenvalue weighted by Gasteiger charge is -2.14. The number of thiazole rings is 1. The molecule has 5 nitrogen and oxygen atoms in total. The largest absolute Gasteiger partial charge is 0.312 e. The molecule has 3 rings (SSSR count). The topological polar surface area (TPSA) is 62.3 Å². The van der Waals surface area contributed by atoms with Crippen LogP contribution in [-0.4, -0.2) is 23.3 Å². The van der Waals surface area contributed by atoms with E-state index >= 15 is 0 Å². The molecule has 1 N–H and O–H groups in total. The van der Waals surface area contributed by atoms with Gasteiger partial charge in [0, 0.05) is 36.5 Å². The molecule has 1 aliphatic heterocycles. The predicted molar refractivity (Wildman–Crippen MR) is 97.4 cm³/mol. The first-order valence-corrected chi connectivity index (χ1v) is 8.99. The molecule has 0 saturated carbocycles. The van der Waals surface area contributed by atoms with Crippen molar-refractivity contribution in [2.75, 3.05) is 16.8 Å². The summed E-state index contributed by atoms with van der Waals surface area (Å²) < 4.78 is 0. The summed E-state index contributed by atoms with van der Waals surface area (Å²) in [4.78, 5) is 29.8. The molecule has 0 atom stereocenters. The van der Waals surface area contributed by atoms with Crippen molar-refractivity contribution < 1.29 is 9.59 Å². The molecule has 1 aromatic carbocycles. The van der Waals surface area contributed by atoms with Crippen LogP contribution in [0.5, 0.6) is 0 Å². The number of nitrogens with one attached hydrogen (secondary N) is 1. The summed E-state index contributed by atoms with van der Waals surface area (Å²) in [5, 5.41) is 5.43. The van der Waals surface area contributed by atoms with Crippen LogP contribution in [0.2, 0.25) is 0 Å². The van der Waals surface area contributed by atoms with E-state index in [0.29, 0.717) is 17.5 Å². The van der Waals surface area contributed by atoms with Gasteiger partial charge in [-0.3, -0.25) is 9.59 Å². The third-order valence-electron chi connectivity index (χ3n) is 4.00. The highest BCUT2D eigenvalue weighted by Crippen LogP contribution is 2.33. The third kappa shape index (κ3) is 3.48. The van der Waals surface area contributed by atoms with Crippen molar-refractivity contribution in [1.29, 1.82) is 0 Å². The summed E-state index contributed by atoms with van der Waals surface area (Å²) in [5.41, 5.74) is 4.02. The first-order chi connectivity index (χ1) is 11.4. The van der Waals surface area contributed by atoms with E-state index in [1.54, 1.807) is 11.8 Å². The van der Waals surface area contributed by atoms with Crippen LogP contribution in [0.4, 0.5) is 10.8 Å². The second-order valence-corrected chi connectivity index (χ2v) is 7.31. The highest BCUT2D eigenvalue weighted by atomic mass is 32.1. The van der Waals surface area contributed by atoms with Gasteiger partial charge in [-0.25, -0.2) is 4.98 Å². The van der Waals surface area contributed by atoms with Crippen molar-refractivity contribution in [3.63, 3.8) is 0 Å². The third-order valence-corrected chi connectivity index (χ3v) is 4.75. The quantitative estimate of drug-likeness (QED) is 0.920. The summed E-state index contributed by atoms with van der Waals surface area (Å²) in [6.45, 7) is 6.36. The van der Waals surface area contributed by atoms with Crippen LogP contribution in [0.3, 0.4) is 0 Å². The molecule has 0 radical (unpaired) electrons. The number of hydrogen-bond acceptors (Lipinski definition) is 4. The Labute approximate surface area is 145 Å². The van der Waals surface area contributed by atoms with Crippen molar-refractivity contribution in [3.05, 3.63) is 29.1 Å². The van der Waals surface area contributed by atoms with Gasteiger partial charge >= 0.3 is 0 Å². The molecule has 0 spiro atoms. The van der Waals surface area contributed by atoms with E-state index in [9.17, 15) is 9.59 Å². The molecule has 2 amide bonds. The lowest BCUT2D eigenvalue weighted by molar-refractivity contribution is -0.117. The Morgan fingerprint density at radius 1 is 1.38 bits per heavy atom. The number of rotatable bonds is 4. The average Bonchev–Trinajstić information content (AvgIpc) is 3.11. The zero-order chi connectivity index (χ0) is 17.3. The lowest BCUT2D eigenvalue weighted by Crippen LogP contribution is -2.25. The number of fused-ring (bicyclic) bond motifs is 1. The molecule has 0 fully saturated rings. The zero-order valence-electron chi connectivity index (χ0n) is 14.1. The van der Waals surface area contributed by atoms with E-state index in [2.05, 4.69) is 16.4 Å².